The molecule has 9 heteroatoms. The summed E-state index contributed by atoms with van der Waals surface area (Å²) in [6.45, 7) is 4.01. The fourth-order valence-corrected chi connectivity index (χ4v) is 3.58. The van der Waals surface area contributed by atoms with E-state index in [1.165, 1.54) is 36.0 Å². The molecule has 0 bridgehead atoms. The predicted molar refractivity (Wildman–Crippen MR) is 120 cm³/mol. The Kier molecular flexibility index (Phi) is 6.86. The number of primary amides is 1. The number of hydrogen-bond donors (Lipinski definition) is 4. The van der Waals surface area contributed by atoms with Crippen LogP contribution in [0.15, 0.2) is 59.5 Å². The van der Waals surface area contributed by atoms with Gasteiger partial charge in [-0.05, 0) is 55.7 Å². The first-order valence-corrected chi connectivity index (χ1v) is 10.1. The van der Waals surface area contributed by atoms with Crippen molar-refractivity contribution in [3.63, 3.8) is 0 Å². The monoisotopic (exact) mass is 425 g/mol. The van der Waals surface area contributed by atoms with Crippen molar-refractivity contribution >= 4 is 23.1 Å². The van der Waals surface area contributed by atoms with E-state index in [4.69, 9.17) is 17.2 Å². The number of nitrogens with two attached hydrogens (primary N) is 3. The van der Waals surface area contributed by atoms with E-state index in [1.807, 2.05) is 12.3 Å². The third-order valence-electron chi connectivity index (χ3n) is 5.60. The molecule has 1 aliphatic rings. The lowest BCUT2D eigenvalue weighted by atomic mass is 9.87. The van der Waals surface area contributed by atoms with Crippen LogP contribution < -0.4 is 27.4 Å². The van der Waals surface area contributed by atoms with Crippen LogP contribution in [0.25, 0.3) is 0 Å². The molecule has 0 radical (unpaired) electrons. The Bertz CT molecular complexity index is 980. The fraction of sp³-hybridized carbons (Fsp3) is 0.318. The van der Waals surface area contributed by atoms with Gasteiger partial charge in [0.1, 0.15) is 11.7 Å². The second-order valence-corrected chi connectivity index (χ2v) is 7.67. The van der Waals surface area contributed by atoms with E-state index in [2.05, 4.69) is 27.1 Å². The zero-order valence-corrected chi connectivity index (χ0v) is 17.5. The standard InChI is InChI=1S/C22H28FN7O/c1-15-6-9-27-13-19(15)30-10-7-22(14-24,8-11-30)28-12-18(21(26)31)20(25)29-17-4-2-16(23)3-5-17/h2-6,9,12-13,28H,7-8,10-11,14,24H2,1H3,(H2,25,29)(H2,26,31)/b18-12+. The number of piperidine rings is 1. The Balaban J connectivity index is 1.74. The second kappa shape index (κ2) is 9.57. The highest BCUT2D eigenvalue weighted by molar-refractivity contribution is 6.20. The van der Waals surface area contributed by atoms with Gasteiger partial charge in [0.15, 0.2) is 0 Å². The molecule has 164 valence electrons. The molecular formula is C22H28FN7O. The van der Waals surface area contributed by atoms with Crippen molar-refractivity contribution < 1.29 is 9.18 Å². The summed E-state index contributed by atoms with van der Waals surface area (Å²) in [4.78, 5) is 22.6. The molecule has 8 nitrogen and oxygen atoms in total. The number of halogens is 1. The molecule has 7 N–H and O–H groups in total. The molecule has 1 aromatic heterocycles. The van der Waals surface area contributed by atoms with Crippen LogP contribution >= 0.6 is 0 Å². The number of carbonyl (C=O) groups is 1. The van der Waals surface area contributed by atoms with Gasteiger partial charge in [0.25, 0.3) is 5.91 Å². The molecule has 0 atom stereocenters. The maximum atomic E-state index is 13.1. The number of aryl methyl sites for hydroxylation is 1. The zero-order chi connectivity index (χ0) is 22.4. The zero-order valence-electron chi connectivity index (χ0n) is 17.5. The number of aromatic nitrogens is 1. The van der Waals surface area contributed by atoms with Crippen molar-refractivity contribution in [2.45, 2.75) is 25.3 Å². The molecule has 0 spiro atoms. The van der Waals surface area contributed by atoms with Crippen molar-refractivity contribution in [1.29, 1.82) is 0 Å². The lowest BCUT2D eigenvalue weighted by Crippen LogP contribution is -2.56. The first-order valence-electron chi connectivity index (χ1n) is 10.1. The molecule has 2 aromatic rings. The van der Waals surface area contributed by atoms with E-state index < -0.39 is 11.4 Å². The Hall–Kier alpha value is -3.46. The van der Waals surface area contributed by atoms with Gasteiger partial charge in [0.05, 0.1) is 28.7 Å². The number of nitrogens with zero attached hydrogens (tertiary/aromatic N) is 3. The normalized spacial score (nSPS) is 16.8. The van der Waals surface area contributed by atoms with E-state index in [0.29, 0.717) is 12.2 Å². The van der Waals surface area contributed by atoms with Crippen LogP contribution in [0.5, 0.6) is 0 Å². The third-order valence-corrected chi connectivity index (χ3v) is 5.60. The average molecular weight is 426 g/mol. The quantitative estimate of drug-likeness (QED) is 0.301. The summed E-state index contributed by atoms with van der Waals surface area (Å²) in [7, 11) is 0. The van der Waals surface area contributed by atoms with Gasteiger partial charge in [-0.15, -0.1) is 0 Å². The van der Waals surface area contributed by atoms with Crippen LogP contribution in [0.2, 0.25) is 0 Å². The first kappa shape index (κ1) is 22.2. The second-order valence-electron chi connectivity index (χ2n) is 7.67. The van der Waals surface area contributed by atoms with E-state index >= 15 is 0 Å². The van der Waals surface area contributed by atoms with Gasteiger partial charge in [0, 0.05) is 32.0 Å². The molecule has 0 aliphatic carbocycles. The van der Waals surface area contributed by atoms with E-state index in [9.17, 15) is 9.18 Å². The Morgan fingerprint density at radius 3 is 2.52 bits per heavy atom. The highest BCUT2D eigenvalue weighted by atomic mass is 19.1. The van der Waals surface area contributed by atoms with Gasteiger partial charge in [0.2, 0.25) is 0 Å². The number of amidine groups is 1. The van der Waals surface area contributed by atoms with E-state index in [1.54, 1.807) is 6.20 Å². The van der Waals surface area contributed by atoms with Crippen LogP contribution in [-0.4, -0.2) is 41.9 Å². The van der Waals surface area contributed by atoms with Crippen LogP contribution in [0.1, 0.15) is 18.4 Å². The van der Waals surface area contributed by atoms with Gasteiger partial charge < -0.3 is 27.4 Å². The largest absolute Gasteiger partial charge is 0.383 e. The van der Waals surface area contributed by atoms with Gasteiger partial charge in [-0.25, -0.2) is 9.38 Å². The first-order chi connectivity index (χ1) is 14.8. The van der Waals surface area contributed by atoms with Crippen LogP contribution in [-0.2, 0) is 4.79 Å². The van der Waals surface area contributed by atoms with E-state index in [-0.39, 0.29) is 17.2 Å². The number of nitrogens with one attached hydrogen (secondary N) is 1. The fourth-order valence-electron chi connectivity index (χ4n) is 3.58. The van der Waals surface area contributed by atoms with E-state index in [0.717, 1.165) is 31.6 Å². The molecule has 31 heavy (non-hydrogen) atoms. The predicted octanol–water partition coefficient (Wildman–Crippen LogP) is 1.47. The summed E-state index contributed by atoms with van der Waals surface area (Å²) >= 11 is 0. The molecule has 1 aliphatic heterocycles. The Morgan fingerprint density at radius 1 is 1.26 bits per heavy atom. The van der Waals surface area contributed by atoms with Gasteiger partial charge in [-0.1, -0.05) is 0 Å². The van der Waals surface area contributed by atoms with Crippen molar-refractivity contribution in [3.8, 4) is 0 Å². The average Bonchev–Trinajstić information content (AvgIpc) is 2.76. The highest BCUT2D eigenvalue weighted by Gasteiger charge is 2.33. The minimum Gasteiger partial charge on any atom is -0.383 e. The molecule has 0 unspecified atom stereocenters. The Morgan fingerprint density at radius 2 is 1.94 bits per heavy atom. The molecule has 0 saturated carbocycles. The van der Waals surface area contributed by atoms with Gasteiger partial charge in [-0.2, -0.15) is 0 Å². The SMILES string of the molecule is Cc1ccncc1N1CCC(CN)(N/C=C(/C(N)=O)C(N)=Nc2ccc(F)cc2)CC1. The summed E-state index contributed by atoms with van der Waals surface area (Å²) in [6, 6.07) is 7.44. The number of amides is 1. The lowest BCUT2D eigenvalue weighted by Gasteiger charge is -2.42. The smallest absolute Gasteiger partial charge is 0.253 e. The van der Waals surface area contributed by atoms with Crippen molar-refractivity contribution in [3.05, 3.63) is 65.9 Å². The molecular weight excluding hydrogens is 397 g/mol. The highest BCUT2D eigenvalue weighted by Crippen LogP contribution is 2.27. The summed E-state index contributed by atoms with van der Waals surface area (Å²) < 4.78 is 13.1. The van der Waals surface area contributed by atoms with Crippen LogP contribution in [0, 0.1) is 12.7 Å². The van der Waals surface area contributed by atoms with Crippen molar-refractivity contribution in [2.75, 3.05) is 24.5 Å². The lowest BCUT2D eigenvalue weighted by molar-refractivity contribution is -0.114. The minimum atomic E-state index is -0.716. The number of carbonyl (C=O) groups excluding carboxylic acids is 1. The maximum Gasteiger partial charge on any atom is 0.253 e. The molecule has 1 aromatic carbocycles. The number of hydrogen-bond acceptors (Lipinski definition) is 6. The maximum absolute atomic E-state index is 13.1. The summed E-state index contributed by atoms with van der Waals surface area (Å²) in [5.41, 5.74) is 20.0. The Labute approximate surface area is 181 Å². The number of rotatable bonds is 7. The van der Waals surface area contributed by atoms with Gasteiger partial charge in [-0.3, -0.25) is 9.78 Å². The summed E-state index contributed by atoms with van der Waals surface area (Å²) in [5.74, 6) is -1.16. The third kappa shape index (κ3) is 5.37. The van der Waals surface area contributed by atoms with Crippen LogP contribution in [0.4, 0.5) is 15.8 Å². The molecule has 3 rings (SSSR count). The number of anilines is 1. The number of pyridine rings is 1. The number of aliphatic imine (C=N–C) groups is 1. The number of benzene rings is 1. The summed E-state index contributed by atoms with van der Waals surface area (Å²) in [6.07, 6.45) is 6.66. The van der Waals surface area contributed by atoms with Gasteiger partial charge >= 0.3 is 0 Å². The minimum absolute atomic E-state index is 0.0442. The topological polar surface area (TPSA) is 136 Å². The van der Waals surface area contributed by atoms with Crippen LogP contribution in [0.3, 0.4) is 0 Å². The molecule has 1 saturated heterocycles. The van der Waals surface area contributed by atoms with Crippen molar-refractivity contribution in [2.24, 2.45) is 22.2 Å². The molecule has 2 heterocycles. The van der Waals surface area contributed by atoms with Crippen molar-refractivity contribution in [1.82, 2.24) is 10.3 Å². The molecule has 1 amide bonds. The molecule has 1 fully saturated rings. The summed E-state index contributed by atoms with van der Waals surface area (Å²) in [5, 5.41) is 3.28.